The molecule has 0 spiro atoms. The van der Waals surface area contributed by atoms with Gasteiger partial charge in [-0.15, -0.1) is 0 Å². The van der Waals surface area contributed by atoms with Crippen LogP contribution in [0, 0.1) is 20.8 Å². The molecule has 0 saturated carbocycles. The molecule has 2 unspecified atom stereocenters. The first kappa shape index (κ1) is 35.9. The minimum Gasteiger partial charge on any atom is -0.297 e. The second-order valence-electron chi connectivity index (χ2n) is 17.4. The standard InChI is InChI=1S/3C15H19NO/c3*1-10-4-5-11-9-13-14(17)15(2,12(11)8-10)6-7-16(13)3/h3*4-5,8,13H,6-7,9H2,1-3H3/t2*13-,15+;/m10./s1. The van der Waals surface area contributed by atoms with Crippen molar-refractivity contribution >= 4 is 17.3 Å². The fourth-order valence-corrected chi connectivity index (χ4v) is 10.1. The topological polar surface area (TPSA) is 60.9 Å². The summed E-state index contributed by atoms with van der Waals surface area (Å²) in [7, 11) is 6.21. The van der Waals surface area contributed by atoms with Crippen LogP contribution in [-0.4, -0.2) is 91.0 Å². The molecule has 3 aliphatic carbocycles. The van der Waals surface area contributed by atoms with Gasteiger partial charge in [0, 0.05) is 0 Å². The molecule has 270 valence electrons. The maximum atomic E-state index is 12.6. The molecule has 3 aliphatic heterocycles. The van der Waals surface area contributed by atoms with Gasteiger partial charge in [-0.3, -0.25) is 29.1 Å². The molecule has 3 heterocycles. The van der Waals surface area contributed by atoms with Gasteiger partial charge >= 0.3 is 0 Å². The highest BCUT2D eigenvalue weighted by Gasteiger charge is 2.51. The lowest BCUT2D eigenvalue weighted by atomic mass is 9.64. The molecule has 0 radical (unpaired) electrons. The first-order chi connectivity index (χ1) is 24.1. The summed E-state index contributed by atoms with van der Waals surface area (Å²) in [4.78, 5) is 44.4. The lowest BCUT2D eigenvalue weighted by Gasteiger charge is -2.47. The van der Waals surface area contributed by atoms with Crippen molar-refractivity contribution < 1.29 is 14.4 Å². The van der Waals surface area contributed by atoms with Crippen molar-refractivity contribution in [3.8, 4) is 0 Å². The van der Waals surface area contributed by atoms with Crippen LogP contribution >= 0.6 is 0 Å². The summed E-state index contributed by atoms with van der Waals surface area (Å²) in [5, 5.41) is 0. The van der Waals surface area contributed by atoms with Crippen LogP contribution in [0.2, 0.25) is 0 Å². The molecule has 3 aromatic rings. The molecule has 6 aliphatic rings. The third-order valence-electron chi connectivity index (χ3n) is 13.8. The van der Waals surface area contributed by atoms with Crippen LogP contribution in [0.4, 0.5) is 0 Å². The van der Waals surface area contributed by atoms with Gasteiger partial charge in [-0.05, 0) is 154 Å². The van der Waals surface area contributed by atoms with Crippen LogP contribution in [0.5, 0.6) is 0 Å². The molecule has 0 amide bonds. The number of hydrogen-bond donors (Lipinski definition) is 0. The highest BCUT2D eigenvalue weighted by atomic mass is 16.1. The number of hydrogen-bond acceptors (Lipinski definition) is 6. The Labute approximate surface area is 305 Å². The summed E-state index contributed by atoms with van der Waals surface area (Å²) < 4.78 is 0. The molecule has 51 heavy (non-hydrogen) atoms. The van der Waals surface area contributed by atoms with E-state index in [-0.39, 0.29) is 34.4 Å². The zero-order valence-electron chi connectivity index (χ0n) is 32.4. The van der Waals surface area contributed by atoms with E-state index >= 15 is 0 Å². The molecule has 0 aromatic heterocycles. The van der Waals surface area contributed by atoms with E-state index in [2.05, 4.69) is 132 Å². The number of aryl methyl sites for hydroxylation is 3. The van der Waals surface area contributed by atoms with Crippen LogP contribution < -0.4 is 0 Å². The fraction of sp³-hybridized carbons (Fsp3) is 0.533. The van der Waals surface area contributed by atoms with Crippen molar-refractivity contribution in [1.82, 2.24) is 14.7 Å². The van der Waals surface area contributed by atoms with Crippen molar-refractivity contribution in [3.63, 3.8) is 0 Å². The van der Waals surface area contributed by atoms with Gasteiger partial charge in [0.2, 0.25) is 0 Å². The first-order valence-corrected chi connectivity index (χ1v) is 19.1. The second-order valence-corrected chi connectivity index (χ2v) is 17.4. The smallest absolute Gasteiger partial charge is 0.160 e. The summed E-state index contributed by atoms with van der Waals surface area (Å²) in [6.07, 6.45) is 5.53. The van der Waals surface area contributed by atoms with E-state index in [1.807, 2.05) is 0 Å². The van der Waals surface area contributed by atoms with Gasteiger partial charge in [0.05, 0.1) is 34.4 Å². The van der Waals surface area contributed by atoms with Gasteiger partial charge in [-0.2, -0.15) is 0 Å². The number of nitrogens with zero attached hydrogens (tertiary/aromatic N) is 3. The Hall–Kier alpha value is -3.45. The van der Waals surface area contributed by atoms with Crippen molar-refractivity contribution in [3.05, 3.63) is 105 Å². The average molecular weight is 688 g/mol. The highest BCUT2D eigenvalue weighted by Crippen LogP contribution is 2.44. The number of rotatable bonds is 0. The molecule has 6 atom stereocenters. The van der Waals surface area contributed by atoms with Crippen LogP contribution in [0.1, 0.15) is 90.1 Å². The quantitative estimate of drug-likeness (QED) is 0.279. The number of likely N-dealkylation sites (tertiary alicyclic amines) is 3. The lowest BCUT2D eigenvalue weighted by Crippen LogP contribution is -2.58. The Balaban J connectivity index is 0.000000119. The van der Waals surface area contributed by atoms with E-state index in [1.54, 1.807) is 0 Å². The third kappa shape index (κ3) is 5.86. The summed E-state index contributed by atoms with van der Waals surface area (Å²) in [6, 6.07) is 20.1. The van der Waals surface area contributed by atoms with Crippen LogP contribution in [-0.2, 0) is 49.9 Å². The van der Waals surface area contributed by atoms with E-state index in [0.717, 1.165) is 58.2 Å². The molecule has 9 rings (SSSR count). The van der Waals surface area contributed by atoms with Crippen LogP contribution in [0.15, 0.2) is 54.6 Å². The zero-order valence-corrected chi connectivity index (χ0v) is 32.4. The Kier molecular flexibility index (Phi) is 9.08. The predicted octanol–water partition coefficient (Wildman–Crippen LogP) is 6.25. The van der Waals surface area contributed by atoms with E-state index < -0.39 is 0 Å². The monoisotopic (exact) mass is 687 g/mol. The van der Waals surface area contributed by atoms with Gasteiger partial charge < -0.3 is 0 Å². The molecule has 3 saturated heterocycles. The number of Topliss-reactive ketones (excluding diaryl/α,β-unsaturated/α-hetero) is 3. The molecule has 3 fully saturated rings. The number of benzene rings is 3. The average Bonchev–Trinajstić information content (AvgIpc) is 3.09. The van der Waals surface area contributed by atoms with Crippen LogP contribution in [0.25, 0.3) is 0 Å². The molecule has 3 aromatic carbocycles. The molecule has 0 N–H and O–H groups in total. The van der Waals surface area contributed by atoms with Gasteiger partial charge in [0.25, 0.3) is 0 Å². The van der Waals surface area contributed by atoms with Gasteiger partial charge in [-0.25, -0.2) is 0 Å². The number of likely N-dealkylation sites (N-methyl/N-ethyl adjacent to an activating group) is 3. The predicted molar refractivity (Wildman–Crippen MR) is 205 cm³/mol. The Bertz CT molecular complexity index is 1700. The maximum absolute atomic E-state index is 12.6. The molecular weight excluding hydrogens is 631 g/mol. The Morgan fingerprint density at radius 1 is 0.471 bits per heavy atom. The maximum Gasteiger partial charge on any atom is 0.160 e. The minimum atomic E-state index is -0.239. The van der Waals surface area contributed by atoms with Gasteiger partial charge in [-0.1, -0.05) is 71.3 Å². The van der Waals surface area contributed by atoms with Gasteiger partial charge in [0.15, 0.2) is 17.3 Å². The third-order valence-corrected chi connectivity index (χ3v) is 13.8. The Morgan fingerprint density at radius 2 is 0.725 bits per heavy atom. The van der Waals surface area contributed by atoms with E-state index in [4.69, 9.17) is 0 Å². The Morgan fingerprint density at radius 3 is 0.980 bits per heavy atom. The van der Waals surface area contributed by atoms with Crippen molar-refractivity contribution in [2.75, 3.05) is 40.8 Å². The van der Waals surface area contributed by atoms with E-state index in [1.165, 1.54) is 50.1 Å². The number of fused-ring (bicyclic) bond motifs is 12. The number of carbonyl (C=O) groups is 3. The highest BCUT2D eigenvalue weighted by molar-refractivity contribution is 5.98. The van der Waals surface area contributed by atoms with E-state index in [9.17, 15) is 14.4 Å². The summed E-state index contributed by atoms with van der Waals surface area (Å²) in [5.41, 5.74) is 11.0. The fourth-order valence-electron chi connectivity index (χ4n) is 10.1. The second kappa shape index (κ2) is 12.9. The SMILES string of the molecule is Cc1ccc2c(c1)C1(C)CCN(C)C(C2)C1=O.Cc1ccc2c(c1)[C@@]1(C)CCN(C)[C@@H](C2)C1=O.Cc1ccc2c(c1)[C@]1(C)CCN(C)[C@H](C2)C1=O. The number of carbonyl (C=O) groups excluding carboxylic acids is 3. The summed E-state index contributed by atoms with van der Waals surface area (Å²) >= 11 is 0. The molecule has 6 bridgehead atoms. The van der Waals surface area contributed by atoms with Gasteiger partial charge in [0.1, 0.15) is 0 Å². The zero-order chi connectivity index (χ0) is 36.6. The molecule has 6 nitrogen and oxygen atoms in total. The normalized spacial score (nSPS) is 32.4. The summed E-state index contributed by atoms with van der Waals surface area (Å²) in [6.45, 7) is 15.8. The number of ketones is 3. The van der Waals surface area contributed by atoms with Crippen molar-refractivity contribution in [1.29, 1.82) is 0 Å². The van der Waals surface area contributed by atoms with E-state index in [0.29, 0.717) is 17.3 Å². The largest absolute Gasteiger partial charge is 0.297 e. The van der Waals surface area contributed by atoms with Crippen LogP contribution in [0.3, 0.4) is 0 Å². The van der Waals surface area contributed by atoms with Crippen molar-refractivity contribution in [2.24, 2.45) is 0 Å². The minimum absolute atomic E-state index is 0.101. The summed E-state index contributed by atoms with van der Waals surface area (Å²) in [5.74, 6) is 1.26. The first-order valence-electron chi connectivity index (χ1n) is 19.1. The lowest BCUT2D eigenvalue weighted by molar-refractivity contribution is -0.134. The number of piperidine rings is 3. The van der Waals surface area contributed by atoms with Crippen molar-refractivity contribution in [2.45, 2.75) is 114 Å². The molecular formula is C45H57N3O3. The molecule has 6 heteroatoms.